The van der Waals surface area contributed by atoms with Gasteiger partial charge in [0.2, 0.25) is 5.91 Å². The predicted octanol–water partition coefficient (Wildman–Crippen LogP) is 5.48. The van der Waals surface area contributed by atoms with E-state index < -0.39 is 0 Å². The standard InChI is InChI=1S/C23H28ClN3O2/c1-15-4-7-19(8-5-15)25-23(29)27-12-10-18(11-13-27)17(3)22(28)26-21-9-6-16(2)14-20(21)24/h4-9,14,17-18H,10-13H2,1-3H3,(H,25,29)(H,26,28)/t17-/m1/s1. The smallest absolute Gasteiger partial charge is 0.321 e. The van der Waals surface area contributed by atoms with Gasteiger partial charge in [-0.05, 0) is 62.4 Å². The first-order valence-electron chi connectivity index (χ1n) is 10.0. The minimum absolute atomic E-state index is 0.0293. The summed E-state index contributed by atoms with van der Waals surface area (Å²) in [6, 6.07) is 13.3. The van der Waals surface area contributed by atoms with Crippen LogP contribution in [0.1, 0.15) is 30.9 Å². The minimum Gasteiger partial charge on any atom is -0.325 e. The number of anilines is 2. The zero-order chi connectivity index (χ0) is 21.0. The van der Waals surface area contributed by atoms with Crippen LogP contribution in [0, 0.1) is 25.7 Å². The highest BCUT2D eigenvalue weighted by Gasteiger charge is 2.30. The van der Waals surface area contributed by atoms with Gasteiger partial charge in [0.25, 0.3) is 0 Å². The molecule has 154 valence electrons. The number of carbonyl (C=O) groups is 2. The fourth-order valence-electron chi connectivity index (χ4n) is 3.62. The number of nitrogens with zero attached hydrogens (tertiary/aromatic N) is 1. The summed E-state index contributed by atoms with van der Waals surface area (Å²) in [7, 11) is 0. The average molecular weight is 414 g/mol. The second-order valence-electron chi connectivity index (χ2n) is 7.88. The van der Waals surface area contributed by atoms with Gasteiger partial charge in [-0.15, -0.1) is 0 Å². The third-order valence-corrected chi connectivity index (χ3v) is 5.95. The molecule has 0 aliphatic carbocycles. The fourth-order valence-corrected chi connectivity index (χ4v) is 3.91. The van der Waals surface area contributed by atoms with Gasteiger partial charge in [0.1, 0.15) is 0 Å². The highest BCUT2D eigenvalue weighted by molar-refractivity contribution is 6.33. The molecule has 0 radical (unpaired) electrons. The average Bonchev–Trinajstić information content (AvgIpc) is 2.71. The Morgan fingerprint density at radius 3 is 2.24 bits per heavy atom. The molecule has 0 bridgehead atoms. The summed E-state index contributed by atoms with van der Waals surface area (Å²) in [4.78, 5) is 27.0. The Labute approximate surface area is 177 Å². The van der Waals surface area contributed by atoms with Crippen LogP contribution in [0.15, 0.2) is 42.5 Å². The molecule has 0 spiro atoms. The lowest BCUT2D eigenvalue weighted by atomic mass is 9.85. The quantitative estimate of drug-likeness (QED) is 0.697. The highest BCUT2D eigenvalue weighted by Crippen LogP contribution is 2.28. The van der Waals surface area contributed by atoms with Crippen molar-refractivity contribution in [1.82, 2.24) is 4.90 Å². The number of amides is 3. The van der Waals surface area contributed by atoms with E-state index in [-0.39, 0.29) is 23.8 Å². The number of benzene rings is 2. The van der Waals surface area contributed by atoms with E-state index in [0.717, 1.165) is 29.7 Å². The van der Waals surface area contributed by atoms with Crippen LogP contribution in [0.25, 0.3) is 0 Å². The molecule has 3 rings (SSSR count). The largest absolute Gasteiger partial charge is 0.325 e. The summed E-state index contributed by atoms with van der Waals surface area (Å²) in [6.45, 7) is 7.21. The number of rotatable bonds is 4. The van der Waals surface area contributed by atoms with Crippen LogP contribution in [0.2, 0.25) is 5.02 Å². The van der Waals surface area contributed by atoms with Crippen molar-refractivity contribution in [3.05, 3.63) is 58.6 Å². The van der Waals surface area contributed by atoms with Crippen LogP contribution < -0.4 is 10.6 Å². The van der Waals surface area contributed by atoms with Crippen molar-refractivity contribution in [3.63, 3.8) is 0 Å². The van der Waals surface area contributed by atoms with Gasteiger partial charge in [-0.25, -0.2) is 4.79 Å². The number of likely N-dealkylation sites (tertiary alicyclic amines) is 1. The maximum absolute atomic E-state index is 12.7. The van der Waals surface area contributed by atoms with Crippen LogP contribution in [0.3, 0.4) is 0 Å². The Morgan fingerprint density at radius 2 is 1.62 bits per heavy atom. The number of piperidine rings is 1. The van der Waals surface area contributed by atoms with Crippen molar-refractivity contribution in [1.29, 1.82) is 0 Å². The van der Waals surface area contributed by atoms with E-state index in [1.165, 1.54) is 0 Å². The van der Waals surface area contributed by atoms with Crippen LogP contribution in [-0.4, -0.2) is 29.9 Å². The zero-order valence-corrected chi connectivity index (χ0v) is 17.9. The molecule has 1 aliphatic heterocycles. The Balaban J connectivity index is 1.50. The first-order chi connectivity index (χ1) is 13.8. The Hall–Kier alpha value is -2.53. The van der Waals surface area contributed by atoms with Crippen LogP contribution in [0.4, 0.5) is 16.2 Å². The molecule has 29 heavy (non-hydrogen) atoms. The number of hydrogen-bond acceptors (Lipinski definition) is 2. The van der Waals surface area contributed by atoms with E-state index >= 15 is 0 Å². The molecule has 0 unspecified atom stereocenters. The molecular formula is C23H28ClN3O2. The van der Waals surface area contributed by atoms with Gasteiger partial charge in [-0.3, -0.25) is 4.79 Å². The number of carbonyl (C=O) groups excluding carboxylic acids is 2. The first kappa shape index (κ1) is 21.2. The van der Waals surface area contributed by atoms with E-state index in [4.69, 9.17) is 11.6 Å². The van der Waals surface area contributed by atoms with Crippen molar-refractivity contribution in [2.45, 2.75) is 33.6 Å². The Bertz CT molecular complexity index is 874. The lowest BCUT2D eigenvalue weighted by Gasteiger charge is -2.34. The van der Waals surface area contributed by atoms with E-state index in [1.807, 2.05) is 68.1 Å². The molecule has 3 amide bonds. The number of hydrogen-bond donors (Lipinski definition) is 2. The van der Waals surface area contributed by atoms with Crippen molar-refractivity contribution in [3.8, 4) is 0 Å². The lowest BCUT2D eigenvalue weighted by molar-refractivity contribution is -0.121. The topological polar surface area (TPSA) is 61.4 Å². The second kappa shape index (κ2) is 9.31. The normalized spacial score (nSPS) is 15.7. The van der Waals surface area contributed by atoms with Crippen molar-refractivity contribution >= 4 is 34.9 Å². The molecule has 2 aromatic carbocycles. The van der Waals surface area contributed by atoms with Crippen LogP contribution in [-0.2, 0) is 4.79 Å². The summed E-state index contributed by atoms with van der Waals surface area (Å²) < 4.78 is 0. The predicted molar refractivity (Wildman–Crippen MR) is 118 cm³/mol. The fraction of sp³-hybridized carbons (Fsp3) is 0.391. The van der Waals surface area contributed by atoms with Crippen molar-refractivity contribution in [2.75, 3.05) is 23.7 Å². The van der Waals surface area contributed by atoms with Gasteiger partial charge in [0.15, 0.2) is 0 Å². The molecule has 0 saturated carbocycles. The number of urea groups is 1. The van der Waals surface area contributed by atoms with E-state index in [1.54, 1.807) is 0 Å². The third kappa shape index (κ3) is 5.51. The molecule has 1 fully saturated rings. The van der Waals surface area contributed by atoms with Gasteiger partial charge in [0, 0.05) is 24.7 Å². The molecular weight excluding hydrogens is 386 g/mol. The van der Waals surface area contributed by atoms with Gasteiger partial charge in [-0.2, -0.15) is 0 Å². The van der Waals surface area contributed by atoms with Gasteiger partial charge >= 0.3 is 6.03 Å². The van der Waals surface area contributed by atoms with E-state index in [9.17, 15) is 9.59 Å². The zero-order valence-electron chi connectivity index (χ0n) is 17.2. The van der Waals surface area contributed by atoms with Gasteiger partial charge in [0.05, 0.1) is 10.7 Å². The SMILES string of the molecule is Cc1ccc(NC(=O)N2CCC([C@@H](C)C(=O)Nc3ccc(C)cc3Cl)CC2)cc1. The molecule has 6 heteroatoms. The van der Waals surface area contributed by atoms with Gasteiger partial charge < -0.3 is 15.5 Å². The molecule has 2 aromatic rings. The minimum atomic E-state index is -0.144. The third-order valence-electron chi connectivity index (χ3n) is 5.63. The molecule has 1 aliphatic rings. The molecule has 1 saturated heterocycles. The number of nitrogens with one attached hydrogen (secondary N) is 2. The number of halogens is 1. The second-order valence-corrected chi connectivity index (χ2v) is 8.29. The highest BCUT2D eigenvalue weighted by atomic mass is 35.5. The van der Waals surface area contributed by atoms with Crippen molar-refractivity contribution in [2.24, 2.45) is 11.8 Å². The summed E-state index contributed by atoms with van der Waals surface area (Å²) in [6.07, 6.45) is 1.61. The summed E-state index contributed by atoms with van der Waals surface area (Å²) in [5.41, 5.74) is 3.65. The van der Waals surface area contributed by atoms with Crippen LogP contribution in [0.5, 0.6) is 0 Å². The van der Waals surface area contributed by atoms with Crippen molar-refractivity contribution < 1.29 is 9.59 Å². The summed E-state index contributed by atoms with van der Waals surface area (Å²) in [5, 5.41) is 6.43. The lowest BCUT2D eigenvalue weighted by Crippen LogP contribution is -2.43. The first-order valence-corrected chi connectivity index (χ1v) is 10.4. The van der Waals surface area contributed by atoms with Crippen LogP contribution >= 0.6 is 11.6 Å². The molecule has 1 heterocycles. The molecule has 0 aromatic heterocycles. The maximum Gasteiger partial charge on any atom is 0.321 e. The molecule has 1 atom stereocenters. The Kier molecular flexibility index (Phi) is 6.80. The summed E-state index contributed by atoms with van der Waals surface area (Å²) >= 11 is 6.23. The van der Waals surface area contributed by atoms with E-state index in [0.29, 0.717) is 23.8 Å². The van der Waals surface area contributed by atoms with Gasteiger partial charge in [-0.1, -0.05) is 42.3 Å². The Morgan fingerprint density at radius 1 is 1.00 bits per heavy atom. The van der Waals surface area contributed by atoms with E-state index in [2.05, 4.69) is 10.6 Å². The number of aryl methyl sites for hydroxylation is 2. The molecule has 2 N–H and O–H groups in total. The maximum atomic E-state index is 12.7. The molecule has 5 nitrogen and oxygen atoms in total. The summed E-state index contributed by atoms with van der Waals surface area (Å²) in [5.74, 6) is 0.0654. The monoisotopic (exact) mass is 413 g/mol.